The summed E-state index contributed by atoms with van der Waals surface area (Å²) in [5.74, 6) is 2.46. The first kappa shape index (κ1) is 21.4. The number of rotatable bonds is 7. The predicted molar refractivity (Wildman–Crippen MR) is 114 cm³/mol. The molecule has 2 aromatic rings. The van der Waals surface area contributed by atoms with Gasteiger partial charge in [-0.15, -0.1) is 0 Å². The molecule has 0 spiro atoms. The zero-order chi connectivity index (χ0) is 21.0. The molecule has 0 saturated carbocycles. The Hall–Kier alpha value is -2.28. The summed E-state index contributed by atoms with van der Waals surface area (Å²) in [6.07, 6.45) is 0. The fourth-order valence-electron chi connectivity index (χ4n) is 3.84. The minimum absolute atomic E-state index is 0.556. The Bertz CT molecular complexity index is 813. The third-order valence-electron chi connectivity index (χ3n) is 5.18. The number of likely N-dealkylation sites (N-methyl/N-ethyl adjacent to an activating group) is 1. The van der Waals surface area contributed by atoms with Crippen LogP contribution < -0.4 is 14.2 Å². The van der Waals surface area contributed by atoms with Crippen LogP contribution in [0.25, 0.3) is 0 Å². The summed E-state index contributed by atoms with van der Waals surface area (Å²) >= 11 is 0. The van der Waals surface area contributed by atoms with Crippen LogP contribution in [0.4, 0.5) is 0 Å². The van der Waals surface area contributed by atoms with E-state index in [9.17, 15) is 5.11 Å². The monoisotopic (exact) mass is 400 g/mol. The standard InChI is InChI=1S/C23H32N2O4/c1-23(26,16-24(2)3)19-6-7-22-18(12-19)15-25(8-9-29-22)14-17-10-20(27-4)13-21(11-17)28-5/h6-7,10-13,26H,8-9,14-16H2,1-5H3/t23-/m0/s1. The molecular weight excluding hydrogens is 368 g/mol. The van der Waals surface area contributed by atoms with E-state index in [0.717, 1.165) is 53.6 Å². The molecule has 1 aliphatic heterocycles. The lowest BCUT2D eigenvalue weighted by Gasteiger charge is -2.28. The topological polar surface area (TPSA) is 54.4 Å². The number of ether oxygens (including phenoxy) is 3. The van der Waals surface area contributed by atoms with Gasteiger partial charge in [0.25, 0.3) is 0 Å². The van der Waals surface area contributed by atoms with Crippen LogP contribution in [0, 0.1) is 0 Å². The molecule has 0 fully saturated rings. The summed E-state index contributed by atoms with van der Waals surface area (Å²) in [6, 6.07) is 12.0. The second-order valence-electron chi connectivity index (χ2n) is 8.11. The van der Waals surface area contributed by atoms with Crippen molar-refractivity contribution in [3.63, 3.8) is 0 Å². The van der Waals surface area contributed by atoms with Crippen molar-refractivity contribution < 1.29 is 19.3 Å². The van der Waals surface area contributed by atoms with Crippen molar-refractivity contribution in [2.24, 2.45) is 0 Å². The molecular formula is C23H32N2O4. The van der Waals surface area contributed by atoms with E-state index in [1.54, 1.807) is 14.2 Å². The summed E-state index contributed by atoms with van der Waals surface area (Å²) in [7, 11) is 7.25. The molecule has 158 valence electrons. The fraction of sp³-hybridized carbons (Fsp3) is 0.478. The quantitative estimate of drug-likeness (QED) is 0.771. The van der Waals surface area contributed by atoms with Gasteiger partial charge in [-0.1, -0.05) is 6.07 Å². The lowest BCUT2D eigenvalue weighted by Crippen LogP contribution is -2.34. The third-order valence-corrected chi connectivity index (χ3v) is 5.18. The Kier molecular flexibility index (Phi) is 6.67. The first-order valence-corrected chi connectivity index (χ1v) is 9.88. The predicted octanol–water partition coefficient (Wildman–Crippen LogP) is 2.87. The molecule has 1 N–H and O–H groups in total. The molecule has 0 radical (unpaired) electrons. The van der Waals surface area contributed by atoms with Gasteiger partial charge in [-0.05, 0) is 56.4 Å². The highest BCUT2D eigenvalue weighted by atomic mass is 16.5. The first-order chi connectivity index (χ1) is 13.8. The van der Waals surface area contributed by atoms with Crippen LogP contribution in [0.2, 0.25) is 0 Å². The van der Waals surface area contributed by atoms with E-state index in [2.05, 4.69) is 11.0 Å². The maximum absolute atomic E-state index is 10.9. The fourth-order valence-corrected chi connectivity index (χ4v) is 3.84. The third kappa shape index (κ3) is 5.41. The number of nitrogens with zero attached hydrogens (tertiary/aromatic N) is 2. The number of methoxy groups -OCH3 is 2. The second kappa shape index (κ2) is 9.03. The number of aliphatic hydroxyl groups is 1. The highest BCUT2D eigenvalue weighted by molar-refractivity contribution is 5.41. The molecule has 0 bridgehead atoms. The highest BCUT2D eigenvalue weighted by Gasteiger charge is 2.26. The van der Waals surface area contributed by atoms with Crippen molar-refractivity contribution in [2.75, 3.05) is 48.0 Å². The average Bonchev–Trinajstić information content (AvgIpc) is 2.87. The maximum atomic E-state index is 10.9. The molecule has 2 aromatic carbocycles. The molecule has 29 heavy (non-hydrogen) atoms. The maximum Gasteiger partial charge on any atom is 0.123 e. The minimum atomic E-state index is -0.921. The van der Waals surface area contributed by atoms with Gasteiger partial charge in [-0.3, -0.25) is 4.90 Å². The summed E-state index contributed by atoms with van der Waals surface area (Å²) in [5, 5.41) is 10.9. The normalized spacial score (nSPS) is 16.5. The highest BCUT2D eigenvalue weighted by Crippen LogP contribution is 2.31. The minimum Gasteiger partial charge on any atom is -0.497 e. The van der Waals surface area contributed by atoms with Crippen molar-refractivity contribution in [2.45, 2.75) is 25.6 Å². The van der Waals surface area contributed by atoms with Crippen molar-refractivity contribution in [3.8, 4) is 17.2 Å². The van der Waals surface area contributed by atoms with Crippen LogP contribution in [0.5, 0.6) is 17.2 Å². The Balaban J connectivity index is 1.82. The summed E-state index contributed by atoms with van der Waals surface area (Å²) < 4.78 is 16.8. The van der Waals surface area contributed by atoms with Crippen LogP contribution >= 0.6 is 0 Å². The lowest BCUT2D eigenvalue weighted by atomic mass is 9.93. The SMILES string of the molecule is COc1cc(CN2CCOc3ccc([C@@](C)(O)CN(C)C)cc3C2)cc(OC)c1. The Morgan fingerprint density at radius 2 is 1.79 bits per heavy atom. The number of hydrogen-bond acceptors (Lipinski definition) is 6. The molecule has 0 amide bonds. The zero-order valence-corrected chi connectivity index (χ0v) is 18.1. The van der Waals surface area contributed by atoms with Gasteiger partial charge in [0.05, 0.1) is 19.8 Å². The van der Waals surface area contributed by atoms with Crippen LogP contribution in [0.15, 0.2) is 36.4 Å². The molecule has 1 aliphatic rings. The van der Waals surface area contributed by atoms with Gasteiger partial charge < -0.3 is 24.2 Å². The van der Waals surface area contributed by atoms with Gasteiger partial charge in [0, 0.05) is 37.8 Å². The average molecular weight is 401 g/mol. The second-order valence-corrected chi connectivity index (χ2v) is 8.11. The molecule has 6 heteroatoms. The van der Waals surface area contributed by atoms with Crippen LogP contribution in [-0.2, 0) is 18.7 Å². The molecule has 0 aliphatic carbocycles. The number of fused-ring (bicyclic) bond motifs is 1. The molecule has 0 unspecified atom stereocenters. The molecule has 6 nitrogen and oxygen atoms in total. The Morgan fingerprint density at radius 3 is 2.41 bits per heavy atom. The van der Waals surface area contributed by atoms with E-state index in [4.69, 9.17) is 14.2 Å². The number of hydrogen-bond donors (Lipinski definition) is 1. The largest absolute Gasteiger partial charge is 0.497 e. The zero-order valence-electron chi connectivity index (χ0n) is 18.1. The first-order valence-electron chi connectivity index (χ1n) is 9.88. The molecule has 0 aromatic heterocycles. The molecule has 1 atom stereocenters. The van der Waals surface area contributed by atoms with Gasteiger partial charge in [-0.25, -0.2) is 0 Å². The van der Waals surface area contributed by atoms with E-state index in [-0.39, 0.29) is 0 Å². The van der Waals surface area contributed by atoms with E-state index in [1.165, 1.54) is 0 Å². The Morgan fingerprint density at radius 1 is 1.10 bits per heavy atom. The lowest BCUT2D eigenvalue weighted by molar-refractivity contribution is 0.0299. The van der Waals surface area contributed by atoms with E-state index in [1.807, 2.05) is 56.3 Å². The number of benzene rings is 2. The van der Waals surface area contributed by atoms with Crippen molar-refractivity contribution in [3.05, 3.63) is 53.1 Å². The summed E-state index contributed by atoms with van der Waals surface area (Å²) in [4.78, 5) is 4.33. The van der Waals surface area contributed by atoms with Gasteiger partial charge in [0.15, 0.2) is 0 Å². The van der Waals surface area contributed by atoms with E-state index >= 15 is 0 Å². The van der Waals surface area contributed by atoms with E-state index < -0.39 is 5.60 Å². The van der Waals surface area contributed by atoms with Crippen LogP contribution in [-0.4, -0.2) is 62.9 Å². The van der Waals surface area contributed by atoms with Gasteiger partial charge in [-0.2, -0.15) is 0 Å². The van der Waals surface area contributed by atoms with Gasteiger partial charge >= 0.3 is 0 Å². The Labute approximate surface area is 173 Å². The van der Waals surface area contributed by atoms with Crippen molar-refractivity contribution in [1.82, 2.24) is 9.80 Å². The smallest absolute Gasteiger partial charge is 0.123 e. The van der Waals surface area contributed by atoms with Gasteiger partial charge in [0.1, 0.15) is 23.9 Å². The van der Waals surface area contributed by atoms with Gasteiger partial charge in [0.2, 0.25) is 0 Å². The van der Waals surface area contributed by atoms with Crippen molar-refractivity contribution in [1.29, 1.82) is 0 Å². The summed E-state index contributed by atoms with van der Waals surface area (Å²) in [5.41, 5.74) is 2.20. The van der Waals surface area contributed by atoms with Crippen LogP contribution in [0.1, 0.15) is 23.6 Å². The van der Waals surface area contributed by atoms with Crippen LogP contribution in [0.3, 0.4) is 0 Å². The molecule has 3 rings (SSSR count). The summed E-state index contributed by atoms with van der Waals surface area (Å²) in [6.45, 7) is 5.36. The molecule has 1 heterocycles. The van der Waals surface area contributed by atoms with E-state index in [0.29, 0.717) is 13.2 Å². The van der Waals surface area contributed by atoms with Crippen molar-refractivity contribution >= 4 is 0 Å². The molecule has 0 saturated heterocycles.